The number of thioether (sulfide) groups is 1. The van der Waals surface area contributed by atoms with Gasteiger partial charge in [-0.25, -0.2) is 0 Å². The first kappa shape index (κ1) is 14.6. The number of methoxy groups -OCH3 is 1. The van der Waals surface area contributed by atoms with Gasteiger partial charge in [0.15, 0.2) is 5.96 Å². The first-order chi connectivity index (χ1) is 10.2. The van der Waals surface area contributed by atoms with E-state index in [-0.39, 0.29) is 0 Å². The minimum atomic E-state index is 0.496. The normalized spacial score (nSPS) is 23.9. The van der Waals surface area contributed by atoms with Crippen molar-refractivity contribution >= 4 is 23.4 Å². The lowest BCUT2D eigenvalue weighted by Crippen LogP contribution is -2.23. The fourth-order valence-electron chi connectivity index (χ4n) is 3.18. The summed E-state index contributed by atoms with van der Waals surface area (Å²) < 4.78 is 5.20. The van der Waals surface area contributed by atoms with Crippen molar-refractivity contribution in [1.29, 1.82) is 0 Å². The Labute approximate surface area is 130 Å². The van der Waals surface area contributed by atoms with E-state index in [9.17, 15) is 0 Å². The molecule has 114 valence electrons. The molecule has 5 heteroatoms. The summed E-state index contributed by atoms with van der Waals surface area (Å²) >= 11 is 2.08. The Bertz CT molecular complexity index is 526. The van der Waals surface area contributed by atoms with Crippen LogP contribution in [0.4, 0.5) is 5.69 Å². The molecule has 1 saturated carbocycles. The van der Waals surface area contributed by atoms with E-state index in [0.29, 0.717) is 11.4 Å². The van der Waals surface area contributed by atoms with Crippen LogP contribution < -0.4 is 15.8 Å². The molecule has 1 aromatic carbocycles. The number of nitrogens with two attached hydrogens (primary N) is 1. The number of ether oxygens (including phenoxy) is 1. The van der Waals surface area contributed by atoms with E-state index >= 15 is 0 Å². The van der Waals surface area contributed by atoms with Crippen LogP contribution in [0.15, 0.2) is 29.3 Å². The summed E-state index contributed by atoms with van der Waals surface area (Å²) in [7, 11) is 1.66. The molecule has 0 radical (unpaired) electrons. The van der Waals surface area contributed by atoms with Crippen LogP contribution in [0.1, 0.15) is 19.3 Å². The van der Waals surface area contributed by atoms with Crippen molar-refractivity contribution < 1.29 is 4.74 Å². The number of anilines is 1. The van der Waals surface area contributed by atoms with Gasteiger partial charge in [-0.05, 0) is 54.2 Å². The highest BCUT2D eigenvalue weighted by Gasteiger charge is 2.53. The molecule has 1 aliphatic carbocycles. The van der Waals surface area contributed by atoms with Crippen LogP contribution in [0.25, 0.3) is 0 Å². The number of nitrogens with one attached hydrogen (secondary N) is 1. The summed E-state index contributed by atoms with van der Waals surface area (Å²) in [4.78, 5) is 4.52. The Morgan fingerprint density at radius 2 is 2.29 bits per heavy atom. The maximum atomic E-state index is 5.99. The van der Waals surface area contributed by atoms with Crippen LogP contribution in [0.5, 0.6) is 5.75 Å². The van der Waals surface area contributed by atoms with Crippen molar-refractivity contribution in [1.82, 2.24) is 0 Å². The third-order valence-electron chi connectivity index (χ3n) is 4.67. The Balaban J connectivity index is 1.52. The second-order valence-corrected chi connectivity index (χ2v) is 7.18. The standard InChI is InChI=1S/C16H23N3OS/c1-20-14-4-2-3-13(9-14)19-15(17)18-11-12-10-16(12)5-7-21-8-6-16/h2-4,9,12H,5-8,10-11H2,1H3,(H3,17,18,19). The molecule has 2 fully saturated rings. The molecule has 3 rings (SSSR count). The van der Waals surface area contributed by atoms with Crippen LogP contribution in [-0.2, 0) is 0 Å². The van der Waals surface area contributed by atoms with Crippen molar-refractivity contribution in [2.75, 3.05) is 30.5 Å². The summed E-state index contributed by atoms with van der Waals surface area (Å²) in [6, 6.07) is 7.72. The predicted octanol–water partition coefficient (Wildman–Crippen LogP) is 2.96. The van der Waals surface area contributed by atoms with E-state index in [1.54, 1.807) is 7.11 Å². The van der Waals surface area contributed by atoms with Gasteiger partial charge in [0.2, 0.25) is 0 Å². The monoisotopic (exact) mass is 305 g/mol. The fraction of sp³-hybridized carbons (Fsp3) is 0.562. The highest BCUT2D eigenvalue weighted by atomic mass is 32.2. The van der Waals surface area contributed by atoms with Crippen LogP contribution in [-0.4, -0.2) is 31.1 Å². The maximum absolute atomic E-state index is 5.99. The zero-order valence-electron chi connectivity index (χ0n) is 12.5. The molecule has 0 bridgehead atoms. The topological polar surface area (TPSA) is 59.6 Å². The molecule has 1 atom stereocenters. The van der Waals surface area contributed by atoms with Crippen molar-refractivity contribution in [3.8, 4) is 5.75 Å². The zero-order chi connectivity index (χ0) is 14.7. The van der Waals surface area contributed by atoms with Gasteiger partial charge in [0.25, 0.3) is 0 Å². The van der Waals surface area contributed by atoms with E-state index < -0.39 is 0 Å². The molecular weight excluding hydrogens is 282 g/mol. The third kappa shape index (κ3) is 3.46. The molecule has 4 nitrogen and oxygen atoms in total. The summed E-state index contributed by atoms with van der Waals surface area (Å²) in [5.41, 5.74) is 7.50. The molecule has 2 aliphatic rings. The summed E-state index contributed by atoms with van der Waals surface area (Å²) in [6.45, 7) is 0.855. The first-order valence-corrected chi connectivity index (χ1v) is 8.66. The number of aliphatic imine (C=N–C) groups is 1. The van der Waals surface area contributed by atoms with Crippen LogP contribution in [0.3, 0.4) is 0 Å². The van der Waals surface area contributed by atoms with Crippen LogP contribution in [0.2, 0.25) is 0 Å². The second-order valence-electron chi connectivity index (χ2n) is 5.96. The largest absolute Gasteiger partial charge is 0.497 e. The van der Waals surface area contributed by atoms with Crippen molar-refractivity contribution in [3.05, 3.63) is 24.3 Å². The predicted molar refractivity (Wildman–Crippen MR) is 90.2 cm³/mol. The summed E-state index contributed by atoms with van der Waals surface area (Å²) in [6.07, 6.45) is 4.06. The molecule has 1 heterocycles. The Hall–Kier alpha value is -1.36. The maximum Gasteiger partial charge on any atom is 0.193 e. The average molecular weight is 305 g/mol. The van der Waals surface area contributed by atoms with Gasteiger partial charge in [-0.1, -0.05) is 6.07 Å². The van der Waals surface area contributed by atoms with Gasteiger partial charge in [0, 0.05) is 18.3 Å². The Morgan fingerprint density at radius 3 is 3.05 bits per heavy atom. The molecule has 3 N–H and O–H groups in total. The van der Waals surface area contributed by atoms with E-state index in [1.165, 1.54) is 30.8 Å². The van der Waals surface area contributed by atoms with Crippen LogP contribution in [0, 0.1) is 11.3 Å². The number of benzene rings is 1. The molecule has 0 aromatic heterocycles. The number of hydrogen-bond donors (Lipinski definition) is 2. The van der Waals surface area contributed by atoms with E-state index in [0.717, 1.165) is 23.9 Å². The van der Waals surface area contributed by atoms with E-state index in [4.69, 9.17) is 10.5 Å². The highest BCUT2D eigenvalue weighted by molar-refractivity contribution is 7.99. The van der Waals surface area contributed by atoms with Crippen LogP contribution >= 0.6 is 11.8 Å². The van der Waals surface area contributed by atoms with Crippen molar-refractivity contribution in [2.24, 2.45) is 22.1 Å². The summed E-state index contributed by atoms with van der Waals surface area (Å²) in [5, 5.41) is 3.13. The van der Waals surface area contributed by atoms with Crippen molar-refractivity contribution in [2.45, 2.75) is 19.3 Å². The van der Waals surface area contributed by atoms with Gasteiger partial charge in [0.1, 0.15) is 5.75 Å². The minimum Gasteiger partial charge on any atom is -0.497 e. The minimum absolute atomic E-state index is 0.496. The van der Waals surface area contributed by atoms with Gasteiger partial charge in [0.05, 0.1) is 7.11 Å². The fourth-order valence-corrected chi connectivity index (χ4v) is 4.48. The second kappa shape index (κ2) is 6.18. The van der Waals surface area contributed by atoms with Gasteiger partial charge in [-0.2, -0.15) is 11.8 Å². The highest BCUT2D eigenvalue weighted by Crippen LogP contribution is 2.60. The first-order valence-electron chi connectivity index (χ1n) is 7.51. The van der Waals surface area contributed by atoms with Gasteiger partial charge in [-0.15, -0.1) is 0 Å². The van der Waals surface area contributed by atoms with Gasteiger partial charge in [-0.3, -0.25) is 4.99 Å². The molecule has 1 spiro atoms. The smallest absolute Gasteiger partial charge is 0.193 e. The third-order valence-corrected chi connectivity index (χ3v) is 5.66. The zero-order valence-corrected chi connectivity index (χ0v) is 13.3. The molecule has 0 amide bonds. The lowest BCUT2D eigenvalue weighted by Gasteiger charge is -2.21. The quantitative estimate of drug-likeness (QED) is 0.663. The van der Waals surface area contributed by atoms with Gasteiger partial charge >= 0.3 is 0 Å². The molecular formula is C16H23N3OS. The van der Waals surface area contributed by atoms with Gasteiger partial charge < -0.3 is 15.8 Å². The molecule has 1 unspecified atom stereocenters. The molecule has 1 aliphatic heterocycles. The SMILES string of the molecule is COc1cccc(NC(N)=NCC2CC23CCSCC3)c1. The van der Waals surface area contributed by atoms with E-state index in [1.807, 2.05) is 24.3 Å². The number of guanidine groups is 1. The lowest BCUT2D eigenvalue weighted by molar-refractivity contribution is 0.415. The average Bonchev–Trinajstić information content (AvgIpc) is 3.18. The number of nitrogens with zero attached hydrogens (tertiary/aromatic N) is 1. The molecule has 21 heavy (non-hydrogen) atoms. The molecule has 1 aromatic rings. The molecule has 1 saturated heterocycles. The van der Waals surface area contributed by atoms with Crippen molar-refractivity contribution in [3.63, 3.8) is 0 Å². The van der Waals surface area contributed by atoms with E-state index in [2.05, 4.69) is 22.1 Å². The lowest BCUT2D eigenvalue weighted by atomic mass is 9.96. The Morgan fingerprint density at radius 1 is 1.48 bits per heavy atom. The number of rotatable bonds is 4. The number of hydrogen-bond acceptors (Lipinski definition) is 3. The Kier molecular flexibility index (Phi) is 4.29. The summed E-state index contributed by atoms with van der Waals surface area (Å²) in [5.74, 6) is 4.68.